The second-order valence-electron chi connectivity index (χ2n) is 4.83. The molecule has 0 aliphatic carbocycles. The topological polar surface area (TPSA) is 69.4 Å². The van der Waals surface area contributed by atoms with E-state index in [9.17, 15) is 8.42 Å². The lowest BCUT2D eigenvalue weighted by Gasteiger charge is -2.02. The molecule has 128 valence electrons. The number of oxazole rings is 1. The Balaban J connectivity index is 0.000000175. The third kappa shape index (κ3) is 4.83. The van der Waals surface area contributed by atoms with E-state index in [1.807, 2.05) is 37.4 Å². The average Bonchev–Trinajstić information content (AvgIpc) is 2.99. The molecule has 0 aliphatic rings. The van der Waals surface area contributed by atoms with Crippen LogP contribution in [0, 0.1) is 6.92 Å². The van der Waals surface area contributed by atoms with Crippen molar-refractivity contribution in [3.63, 3.8) is 0 Å². The van der Waals surface area contributed by atoms with Gasteiger partial charge in [0.15, 0.2) is 5.58 Å². The SMILES string of the molecule is CCOS(=O)(=O)c1ccc(C)cc1.CSc1nc2ccccc2o1. The standard InChI is InChI=1S/C9H12O3S.C8H7NOS/c1-3-12-13(10,11)9-6-4-8(2)5-7-9;1-11-8-9-6-4-2-3-5-7(6)10-8/h4-7H,3H2,1-2H3;2-5H,1H3. The number of aryl methyl sites for hydroxylation is 1. The molecule has 0 saturated heterocycles. The van der Waals surface area contributed by atoms with E-state index in [4.69, 9.17) is 4.42 Å². The number of rotatable bonds is 4. The van der Waals surface area contributed by atoms with Crippen LogP contribution in [0.3, 0.4) is 0 Å². The van der Waals surface area contributed by atoms with E-state index in [1.54, 1.807) is 31.2 Å². The summed E-state index contributed by atoms with van der Waals surface area (Å²) < 4.78 is 32.6. The molecular formula is C17H19NO4S2. The average molecular weight is 365 g/mol. The molecule has 0 aliphatic heterocycles. The monoisotopic (exact) mass is 365 g/mol. The van der Waals surface area contributed by atoms with Crippen LogP contribution < -0.4 is 0 Å². The number of fused-ring (bicyclic) bond motifs is 1. The largest absolute Gasteiger partial charge is 0.431 e. The van der Waals surface area contributed by atoms with Crippen molar-refractivity contribution in [1.29, 1.82) is 0 Å². The van der Waals surface area contributed by atoms with Crippen LogP contribution in [-0.2, 0) is 14.3 Å². The van der Waals surface area contributed by atoms with Crippen LogP contribution in [0.4, 0.5) is 0 Å². The van der Waals surface area contributed by atoms with Gasteiger partial charge in [-0.25, -0.2) is 4.98 Å². The fourth-order valence-corrected chi connectivity index (χ4v) is 3.15. The molecule has 0 radical (unpaired) electrons. The molecule has 0 atom stereocenters. The molecule has 1 heterocycles. The highest BCUT2D eigenvalue weighted by atomic mass is 32.2. The Hall–Kier alpha value is -1.83. The van der Waals surface area contributed by atoms with E-state index in [1.165, 1.54) is 11.8 Å². The Bertz CT molecular complexity index is 853. The van der Waals surface area contributed by atoms with E-state index >= 15 is 0 Å². The summed E-state index contributed by atoms with van der Waals surface area (Å²) in [6.45, 7) is 3.71. The van der Waals surface area contributed by atoms with Gasteiger partial charge in [0.05, 0.1) is 11.5 Å². The van der Waals surface area contributed by atoms with Crippen LogP contribution >= 0.6 is 11.8 Å². The zero-order chi connectivity index (χ0) is 17.6. The Labute approximate surface area is 146 Å². The molecule has 3 aromatic rings. The highest BCUT2D eigenvalue weighted by Gasteiger charge is 2.12. The van der Waals surface area contributed by atoms with Gasteiger partial charge in [-0.05, 0) is 44.4 Å². The summed E-state index contributed by atoms with van der Waals surface area (Å²) in [6.07, 6.45) is 1.95. The van der Waals surface area contributed by atoms with Crippen LogP contribution in [0.1, 0.15) is 12.5 Å². The predicted molar refractivity (Wildman–Crippen MR) is 95.8 cm³/mol. The van der Waals surface area contributed by atoms with Crippen LogP contribution in [0.2, 0.25) is 0 Å². The molecule has 1 aromatic heterocycles. The summed E-state index contributed by atoms with van der Waals surface area (Å²) >= 11 is 1.52. The summed E-state index contributed by atoms with van der Waals surface area (Å²) in [4.78, 5) is 4.44. The maximum atomic E-state index is 11.3. The van der Waals surface area contributed by atoms with Crippen LogP contribution in [0.5, 0.6) is 0 Å². The van der Waals surface area contributed by atoms with Crippen LogP contribution in [0.25, 0.3) is 11.1 Å². The first-order chi connectivity index (χ1) is 11.5. The van der Waals surface area contributed by atoms with E-state index in [-0.39, 0.29) is 11.5 Å². The van der Waals surface area contributed by atoms with Gasteiger partial charge in [-0.2, -0.15) is 8.42 Å². The molecule has 5 nitrogen and oxygen atoms in total. The molecule has 24 heavy (non-hydrogen) atoms. The minimum atomic E-state index is -3.53. The summed E-state index contributed by atoms with van der Waals surface area (Å²) in [7, 11) is -3.53. The first-order valence-electron chi connectivity index (χ1n) is 7.32. The van der Waals surface area contributed by atoms with Crippen molar-refractivity contribution in [2.45, 2.75) is 24.0 Å². The zero-order valence-corrected chi connectivity index (χ0v) is 15.4. The molecule has 3 rings (SSSR count). The van der Waals surface area contributed by atoms with Crippen molar-refractivity contribution in [2.75, 3.05) is 12.9 Å². The number of thioether (sulfide) groups is 1. The fraction of sp³-hybridized carbons (Fsp3) is 0.235. The third-order valence-electron chi connectivity index (χ3n) is 3.03. The lowest BCUT2D eigenvalue weighted by molar-refractivity contribution is 0.338. The summed E-state index contributed by atoms with van der Waals surface area (Å²) in [5.41, 5.74) is 2.81. The minimum Gasteiger partial charge on any atom is -0.431 e. The van der Waals surface area contributed by atoms with Crippen LogP contribution in [-0.4, -0.2) is 26.3 Å². The summed E-state index contributed by atoms with van der Waals surface area (Å²) in [5, 5.41) is 0.728. The molecule has 0 amide bonds. The molecule has 0 spiro atoms. The number of benzene rings is 2. The van der Waals surface area contributed by atoms with Crippen molar-refractivity contribution in [3.05, 3.63) is 54.1 Å². The number of nitrogens with zero attached hydrogens (tertiary/aromatic N) is 1. The highest BCUT2D eigenvalue weighted by Crippen LogP contribution is 2.20. The van der Waals surface area contributed by atoms with Gasteiger partial charge in [-0.1, -0.05) is 41.6 Å². The highest BCUT2D eigenvalue weighted by molar-refractivity contribution is 7.98. The lowest BCUT2D eigenvalue weighted by Crippen LogP contribution is -2.05. The molecule has 0 N–H and O–H groups in total. The normalized spacial score (nSPS) is 11.1. The molecule has 0 fully saturated rings. The first-order valence-corrected chi connectivity index (χ1v) is 9.95. The minimum absolute atomic E-state index is 0.163. The van der Waals surface area contributed by atoms with E-state index in [0.29, 0.717) is 0 Å². The van der Waals surface area contributed by atoms with E-state index in [2.05, 4.69) is 9.17 Å². The smallest absolute Gasteiger partial charge is 0.296 e. The second-order valence-corrected chi connectivity index (χ2v) is 7.20. The first kappa shape index (κ1) is 18.5. The Kier molecular flexibility index (Phi) is 6.42. The number of para-hydroxylation sites is 2. The maximum absolute atomic E-state index is 11.3. The maximum Gasteiger partial charge on any atom is 0.296 e. The summed E-state index contributed by atoms with van der Waals surface area (Å²) in [6, 6.07) is 14.3. The molecule has 0 unspecified atom stereocenters. The van der Waals surface area contributed by atoms with Crippen molar-refractivity contribution in [2.24, 2.45) is 0 Å². The third-order valence-corrected chi connectivity index (χ3v) is 4.95. The number of hydrogen-bond donors (Lipinski definition) is 0. The van der Waals surface area contributed by atoms with Gasteiger partial charge in [0, 0.05) is 0 Å². The van der Waals surface area contributed by atoms with Gasteiger partial charge in [0.2, 0.25) is 0 Å². The quantitative estimate of drug-likeness (QED) is 0.508. The Morgan fingerprint density at radius 2 is 1.79 bits per heavy atom. The molecule has 0 saturated carbocycles. The molecular weight excluding hydrogens is 346 g/mol. The van der Waals surface area contributed by atoms with Crippen molar-refractivity contribution < 1.29 is 17.0 Å². The second kappa shape index (κ2) is 8.32. The van der Waals surface area contributed by atoms with E-state index < -0.39 is 10.1 Å². The molecule has 0 bridgehead atoms. The van der Waals surface area contributed by atoms with Gasteiger partial charge < -0.3 is 4.42 Å². The number of aromatic nitrogens is 1. The van der Waals surface area contributed by atoms with Gasteiger partial charge in [-0.3, -0.25) is 4.18 Å². The lowest BCUT2D eigenvalue weighted by atomic mass is 10.2. The van der Waals surface area contributed by atoms with Gasteiger partial charge >= 0.3 is 0 Å². The predicted octanol–water partition coefficient (Wildman–Crippen LogP) is 4.27. The Morgan fingerprint density at radius 1 is 1.12 bits per heavy atom. The summed E-state index contributed by atoms with van der Waals surface area (Å²) in [5.74, 6) is 0. The fourth-order valence-electron chi connectivity index (χ4n) is 1.87. The van der Waals surface area contributed by atoms with Gasteiger partial charge in [-0.15, -0.1) is 0 Å². The van der Waals surface area contributed by atoms with Crippen molar-refractivity contribution in [3.8, 4) is 0 Å². The van der Waals surface area contributed by atoms with Crippen LogP contribution in [0.15, 0.2) is 63.1 Å². The van der Waals surface area contributed by atoms with Crippen molar-refractivity contribution >= 4 is 33.0 Å². The molecule has 7 heteroatoms. The van der Waals surface area contributed by atoms with E-state index in [0.717, 1.165) is 21.9 Å². The van der Waals surface area contributed by atoms with Gasteiger partial charge in [0.25, 0.3) is 15.3 Å². The van der Waals surface area contributed by atoms with Gasteiger partial charge in [0.1, 0.15) is 5.52 Å². The number of hydrogen-bond acceptors (Lipinski definition) is 6. The zero-order valence-electron chi connectivity index (χ0n) is 13.7. The molecule has 2 aromatic carbocycles. The Morgan fingerprint density at radius 3 is 2.38 bits per heavy atom. The van der Waals surface area contributed by atoms with Crippen molar-refractivity contribution in [1.82, 2.24) is 4.98 Å².